The Labute approximate surface area is 139 Å². The molecular weight excluding hydrogens is 366 g/mol. The number of hydrogen-bond donors (Lipinski definition) is 1. The van der Waals surface area contributed by atoms with E-state index >= 15 is 0 Å². The third-order valence-corrected chi connectivity index (χ3v) is 3.21. The molecule has 2 heterocycles. The van der Waals surface area contributed by atoms with Crippen molar-refractivity contribution in [2.75, 3.05) is 5.32 Å². The van der Waals surface area contributed by atoms with Crippen LogP contribution in [0.5, 0.6) is 5.75 Å². The van der Waals surface area contributed by atoms with Gasteiger partial charge in [-0.3, -0.25) is 4.79 Å². The number of amides is 1. The number of nitrogens with one attached hydrogen (secondary N) is 1. The molecule has 0 spiro atoms. The van der Waals surface area contributed by atoms with Gasteiger partial charge in [0, 0.05) is 12.6 Å². The van der Waals surface area contributed by atoms with Crippen LogP contribution in [-0.2, 0) is 11.4 Å². The summed E-state index contributed by atoms with van der Waals surface area (Å²) in [5.41, 5.74) is 0.702. The molecule has 2 aromatic heterocycles. The fourth-order valence-corrected chi connectivity index (χ4v) is 2.13. The molecule has 0 saturated carbocycles. The summed E-state index contributed by atoms with van der Waals surface area (Å²) in [7, 11) is 0. The zero-order chi connectivity index (χ0) is 16.2. The fourth-order valence-electron chi connectivity index (χ4n) is 1.82. The maximum Gasteiger partial charge on any atom is 0.283 e. The number of halogens is 1. The number of furan rings is 1. The second kappa shape index (κ2) is 6.66. The molecule has 118 valence electrons. The van der Waals surface area contributed by atoms with Gasteiger partial charge in [-0.2, -0.15) is 0 Å². The zero-order valence-electron chi connectivity index (χ0n) is 12.1. The SMILES string of the molecule is CC(=O)Nc1ccc(OCc2nnc(-c3ccc(Br)o3)o2)cc1. The summed E-state index contributed by atoms with van der Waals surface area (Å²) in [6.07, 6.45) is 0. The van der Waals surface area contributed by atoms with Crippen molar-refractivity contribution < 1.29 is 18.4 Å². The number of aromatic nitrogens is 2. The number of anilines is 1. The molecule has 0 fully saturated rings. The standard InChI is InChI=1S/C15H12BrN3O4/c1-9(20)17-10-2-4-11(5-3-10)21-8-14-18-19-15(23-14)12-6-7-13(16)22-12/h2-7H,8H2,1H3,(H,17,20). The summed E-state index contributed by atoms with van der Waals surface area (Å²) in [4.78, 5) is 10.9. The Morgan fingerprint density at radius 3 is 2.61 bits per heavy atom. The van der Waals surface area contributed by atoms with Gasteiger partial charge in [0.15, 0.2) is 17.0 Å². The lowest BCUT2D eigenvalue weighted by Gasteiger charge is -2.05. The molecule has 23 heavy (non-hydrogen) atoms. The van der Waals surface area contributed by atoms with Gasteiger partial charge in [-0.05, 0) is 52.3 Å². The molecule has 1 amide bonds. The van der Waals surface area contributed by atoms with E-state index in [0.717, 1.165) is 0 Å². The van der Waals surface area contributed by atoms with E-state index in [1.807, 2.05) is 0 Å². The second-order valence-corrected chi connectivity index (χ2v) is 5.38. The van der Waals surface area contributed by atoms with Gasteiger partial charge >= 0.3 is 0 Å². The van der Waals surface area contributed by atoms with Crippen molar-refractivity contribution in [3.8, 4) is 17.4 Å². The van der Waals surface area contributed by atoms with E-state index < -0.39 is 0 Å². The van der Waals surface area contributed by atoms with Crippen molar-refractivity contribution in [3.05, 3.63) is 47.0 Å². The minimum atomic E-state index is -0.123. The maximum atomic E-state index is 10.9. The summed E-state index contributed by atoms with van der Waals surface area (Å²) in [6, 6.07) is 10.4. The van der Waals surface area contributed by atoms with E-state index in [9.17, 15) is 4.79 Å². The Balaban J connectivity index is 1.60. The molecule has 0 bridgehead atoms. The first-order valence-corrected chi connectivity index (χ1v) is 7.48. The minimum absolute atomic E-state index is 0.123. The van der Waals surface area contributed by atoms with Crippen LogP contribution in [0.2, 0.25) is 0 Å². The van der Waals surface area contributed by atoms with Crippen LogP contribution < -0.4 is 10.1 Å². The van der Waals surface area contributed by atoms with Gasteiger partial charge < -0.3 is 18.9 Å². The number of carbonyl (C=O) groups is 1. The molecule has 0 unspecified atom stereocenters. The molecule has 0 aliphatic rings. The highest BCUT2D eigenvalue weighted by atomic mass is 79.9. The molecular formula is C15H12BrN3O4. The first kappa shape index (κ1) is 15.3. The van der Waals surface area contributed by atoms with Gasteiger partial charge in [-0.25, -0.2) is 0 Å². The van der Waals surface area contributed by atoms with Gasteiger partial charge in [0.05, 0.1) is 0 Å². The number of rotatable bonds is 5. The van der Waals surface area contributed by atoms with Crippen molar-refractivity contribution in [3.63, 3.8) is 0 Å². The van der Waals surface area contributed by atoms with Crippen LogP contribution in [0.25, 0.3) is 11.7 Å². The molecule has 8 heteroatoms. The van der Waals surface area contributed by atoms with E-state index in [2.05, 4.69) is 31.4 Å². The predicted octanol–water partition coefficient (Wildman–Crippen LogP) is 3.63. The summed E-state index contributed by atoms with van der Waals surface area (Å²) in [5, 5.41) is 10.5. The highest BCUT2D eigenvalue weighted by Gasteiger charge is 2.12. The van der Waals surface area contributed by atoms with E-state index in [4.69, 9.17) is 13.6 Å². The van der Waals surface area contributed by atoms with Gasteiger partial charge in [0.2, 0.25) is 5.91 Å². The van der Waals surface area contributed by atoms with Crippen LogP contribution in [0, 0.1) is 0 Å². The molecule has 0 saturated heterocycles. The zero-order valence-corrected chi connectivity index (χ0v) is 13.7. The van der Waals surface area contributed by atoms with Crippen LogP contribution in [0.15, 0.2) is 49.9 Å². The van der Waals surface area contributed by atoms with Gasteiger partial charge in [-0.15, -0.1) is 10.2 Å². The summed E-state index contributed by atoms with van der Waals surface area (Å²) in [6.45, 7) is 1.59. The Kier molecular flexibility index (Phi) is 4.42. The normalized spacial score (nSPS) is 10.5. The highest BCUT2D eigenvalue weighted by molar-refractivity contribution is 9.10. The maximum absolute atomic E-state index is 10.9. The lowest BCUT2D eigenvalue weighted by atomic mass is 10.3. The van der Waals surface area contributed by atoms with E-state index in [1.165, 1.54) is 6.92 Å². The summed E-state index contributed by atoms with van der Waals surface area (Å²) >= 11 is 3.21. The van der Waals surface area contributed by atoms with Crippen LogP contribution in [0.4, 0.5) is 5.69 Å². The van der Waals surface area contributed by atoms with Crippen LogP contribution in [0.3, 0.4) is 0 Å². The molecule has 0 atom stereocenters. The molecule has 3 aromatic rings. The molecule has 3 rings (SSSR count). The third-order valence-electron chi connectivity index (χ3n) is 2.79. The van der Waals surface area contributed by atoms with Crippen LogP contribution in [0.1, 0.15) is 12.8 Å². The molecule has 0 radical (unpaired) electrons. The van der Waals surface area contributed by atoms with E-state index in [1.54, 1.807) is 36.4 Å². The summed E-state index contributed by atoms with van der Waals surface area (Å²) < 4.78 is 16.9. The van der Waals surface area contributed by atoms with Gasteiger partial charge in [0.1, 0.15) is 5.75 Å². The van der Waals surface area contributed by atoms with Crippen molar-refractivity contribution in [2.45, 2.75) is 13.5 Å². The van der Waals surface area contributed by atoms with E-state index in [0.29, 0.717) is 27.8 Å². The first-order chi connectivity index (χ1) is 11.1. The smallest absolute Gasteiger partial charge is 0.283 e. The van der Waals surface area contributed by atoms with Crippen molar-refractivity contribution in [2.24, 2.45) is 0 Å². The Morgan fingerprint density at radius 1 is 1.17 bits per heavy atom. The highest BCUT2D eigenvalue weighted by Crippen LogP contribution is 2.24. The lowest BCUT2D eigenvalue weighted by Crippen LogP contribution is -2.05. The second-order valence-electron chi connectivity index (χ2n) is 4.60. The predicted molar refractivity (Wildman–Crippen MR) is 84.8 cm³/mol. The third kappa shape index (κ3) is 3.98. The monoisotopic (exact) mass is 377 g/mol. The number of nitrogens with zero attached hydrogens (tertiary/aromatic N) is 2. The lowest BCUT2D eigenvalue weighted by molar-refractivity contribution is -0.114. The number of carbonyl (C=O) groups excluding carboxylic acids is 1. The minimum Gasteiger partial charge on any atom is -0.484 e. The van der Waals surface area contributed by atoms with Gasteiger partial charge in [0.25, 0.3) is 11.8 Å². The average molecular weight is 378 g/mol. The fraction of sp³-hybridized carbons (Fsp3) is 0.133. The molecule has 0 aliphatic carbocycles. The van der Waals surface area contributed by atoms with Gasteiger partial charge in [-0.1, -0.05) is 0 Å². The Bertz CT molecular complexity index is 810. The van der Waals surface area contributed by atoms with Crippen LogP contribution >= 0.6 is 15.9 Å². The number of benzene rings is 1. The first-order valence-electron chi connectivity index (χ1n) is 6.69. The molecule has 0 aliphatic heterocycles. The average Bonchev–Trinajstić information content (AvgIpc) is 3.15. The summed E-state index contributed by atoms with van der Waals surface area (Å²) in [5.74, 6) is 1.60. The number of hydrogen-bond acceptors (Lipinski definition) is 6. The topological polar surface area (TPSA) is 90.4 Å². The molecule has 1 aromatic carbocycles. The van der Waals surface area contributed by atoms with Crippen molar-refractivity contribution >= 4 is 27.5 Å². The Hall–Kier alpha value is -2.61. The van der Waals surface area contributed by atoms with Crippen LogP contribution in [-0.4, -0.2) is 16.1 Å². The van der Waals surface area contributed by atoms with Crippen molar-refractivity contribution in [1.82, 2.24) is 10.2 Å². The molecule has 7 nitrogen and oxygen atoms in total. The number of ether oxygens (including phenoxy) is 1. The quantitative estimate of drug-likeness (QED) is 0.729. The Morgan fingerprint density at radius 2 is 1.96 bits per heavy atom. The largest absolute Gasteiger partial charge is 0.484 e. The molecule has 1 N–H and O–H groups in total. The van der Waals surface area contributed by atoms with E-state index in [-0.39, 0.29) is 18.4 Å². The van der Waals surface area contributed by atoms with Crippen molar-refractivity contribution in [1.29, 1.82) is 0 Å².